The van der Waals surface area contributed by atoms with Crippen LogP contribution in [0.15, 0.2) is 11.6 Å². The molecule has 4 amide bonds. The highest BCUT2D eigenvalue weighted by molar-refractivity contribution is 6.48. The van der Waals surface area contributed by atoms with E-state index in [0.717, 1.165) is 12.8 Å². The Bertz CT molecular complexity index is 1280. The van der Waals surface area contributed by atoms with E-state index in [2.05, 4.69) is 55.9 Å². The maximum absolute atomic E-state index is 14.0. The highest BCUT2D eigenvalue weighted by Crippen LogP contribution is 2.65. The predicted molar refractivity (Wildman–Crippen MR) is 187 cm³/mol. The average molecular weight is 686 g/mol. The van der Waals surface area contributed by atoms with Crippen molar-refractivity contribution in [3.8, 4) is 6.07 Å². The molecular formula is C36H60BN5O7. The van der Waals surface area contributed by atoms with Gasteiger partial charge in [-0.05, 0) is 81.5 Å². The van der Waals surface area contributed by atoms with Crippen molar-refractivity contribution in [2.45, 2.75) is 144 Å². The van der Waals surface area contributed by atoms with Gasteiger partial charge in [0, 0.05) is 12.5 Å². The highest BCUT2D eigenvalue weighted by atomic mass is 16.7. The summed E-state index contributed by atoms with van der Waals surface area (Å²) >= 11 is 0. The number of amides is 4. The Kier molecular flexibility index (Phi) is 13.9. The van der Waals surface area contributed by atoms with Crippen molar-refractivity contribution in [3.63, 3.8) is 0 Å². The first-order chi connectivity index (χ1) is 22.8. The third-order valence-electron chi connectivity index (χ3n) is 10.6. The van der Waals surface area contributed by atoms with Gasteiger partial charge >= 0.3 is 7.12 Å². The second kappa shape index (κ2) is 16.8. The van der Waals surface area contributed by atoms with E-state index in [9.17, 15) is 29.5 Å². The molecule has 0 aromatic rings. The molecule has 5 N–H and O–H groups in total. The number of hydrogen-bond donors (Lipinski definition) is 5. The molecular weight excluding hydrogens is 625 g/mol. The monoisotopic (exact) mass is 685 g/mol. The fourth-order valence-electron chi connectivity index (χ4n) is 7.62. The summed E-state index contributed by atoms with van der Waals surface area (Å²) < 4.78 is 13.3. The van der Waals surface area contributed by atoms with Crippen molar-refractivity contribution in [2.24, 2.45) is 35.0 Å². The molecule has 0 aromatic carbocycles. The summed E-state index contributed by atoms with van der Waals surface area (Å²) in [7, 11) is -0.646. The van der Waals surface area contributed by atoms with Crippen LogP contribution in [0.4, 0.5) is 0 Å². The van der Waals surface area contributed by atoms with E-state index >= 15 is 0 Å². The number of nitrogens with one attached hydrogen (secondary N) is 4. The zero-order valence-electron chi connectivity index (χ0n) is 31.2. The third kappa shape index (κ3) is 9.86. The predicted octanol–water partition coefficient (Wildman–Crippen LogP) is 3.18. The molecule has 49 heavy (non-hydrogen) atoms. The van der Waals surface area contributed by atoms with E-state index in [1.54, 1.807) is 19.9 Å². The zero-order valence-corrected chi connectivity index (χ0v) is 31.2. The Morgan fingerprint density at radius 2 is 1.63 bits per heavy atom. The van der Waals surface area contributed by atoms with Gasteiger partial charge in [-0.3, -0.25) is 19.2 Å². The largest absolute Gasteiger partial charge is 0.481 e. The van der Waals surface area contributed by atoms with Gasteiger partial charge in [0.2, 0.25) is 17.7 Å². The lowest BCUT2D eigenvalue weighted by atomic mass is 9.43. The summed E-state index contributed by atoms with van der Waals surface area (Å²) in [6, 6.07) is -0.332. The molecule has 0 spiro atoms. The van der Waals surface area contributed by atoms with Gasteiger partial charge in [0.15, 0.2) is 0 Å². The Labute approximate surface area is 293 Å². The molecule has 3 aliphatic carbocycles. The molecule has 4 fully saturated rings. The molecule has 4 aliphatic rings. The maximum Gasteiger partial charge on any atom is 0.481 e. The number of unbranched alkanes of at least 4 members (excludes halogenated alkanes) is 1. The number of carbonyl (C=O) groups excluding carboxylic acids is 4. The molecule has 4 rings (SSSR count). The first-order valence-corrected chi connectivity index (χ1v) is 18.1. The van der Waals surface area contributed by atoms with E-state index in [-0.39, 0.29) is 41.9 Å². The summed E-state index contributed by atoms with van der Waals surface area (Å²) in [6.45, 7) is 19.7. The van der Waals surface area contributed by atoms with Gasteiger partial charge in [-0.25, -0.2) is 0 Å². The maximum atomic E-state index is 14.0. The number of aliphatic hydroxyl groups is 1. The van der Waals surface area contributed by atoms with Crippen molar-refractivity contribution in [1.29, 1.82) is 5.26 Å². The lowest BCUT2D eigenvalue weighted by Crippen LogP contribution is -2.65. The molecule has 1 aliphatic heterocycles. The van der Waals surface area contributed by atoms with Crippen LogP contribution in [0.1, 0.15) is 108 Å². The van der Waals surface area contributed by atoms with E-state index in [1.165, 1.54) is 6.92 Å². The number of allylic oxidation sites excluding steroid dienone is 1. The van der Waals surface area contributed by atoms with E-state index in [1.807, 2.05) is 19.9 Å². The molecule has 0 aromatic heterocycles. The van der Waals surface area contributed by atoms with Gasteiger partial charge in [-0.2, -0.15) is 5.26 Å². The first kappa shape index (κ1) is 40.5. The highest BCUT2D eigenvalue weighted by Gasteiger charge is 2.68. The van der Waals surface area contributed by atoms with Crippen LogP contribution >= 0.6 is 0 Å². The average Bonchev–Trinajstić information content (AvgIpc) is 3.37. The Balaban J connectivity index is 1.74. The molecule has 13 heteroatoms. The number of nitrogens with zero attached hydrogens (tertiary/aromatic N) is 1. The summed E-state index contributed by atoms with van der Waals surface area (Å²) in [5.74, 6) is -1.64. The number of hydrogen-bond acceptors (Lipinski definition) is 8. The van der Waals surface area contributed by atoms with Crippen LogP contribution in [-0.4, -0.2) is 78.2 Å². The van der Waals surface area contributed by atoms with Gasteiger partial charge in [0.1, 0.15) is 23.7 Å². The molecule has 1 saturated heterocycles. The minimum atomic E-state index is -1.26. The molecule has 1 unspecified atom stereocenters. The van der Waals surface area contributed by atoms with Crippen LogP contribution in [0, 0.1) is 46.3 Å². The molecule has 2 bridgehead atoms. The number of rotatable bonds is 17. The third-order valence-corrected chi connectivity index (χ3v) is 10.6. The normalized spacial score (nSPS) is 26.6. The van der Waals surface area contributed by atoms with Crippen molar-refractivity contribution < 1.29 is 33.6 Å². The van der Waals surface area contributed by atoms with Crippen LogP contribution in [0.2, 0.25) is 0 Å². The number of carbonyl (C=O) groups is 4. The van der Waals surface area contributed by atoms with Crippen LogP contribution < -0.4 is 21.3 Å². The fraction of sp³-hybridized carbons (Fsp3) is 0.806. The SMILES string of the molecule is CC(C)C=C(C#N)C(=O)NCCCCC(NC(=O)[C@@H](NC(=O)C(C)C)[C@@H](C)O)C(=O)N[C@@H](CC(C)C)B1O[C@@H]2C[C@@H]3C[C@@H](C3(C)C)[C@]2(C)O1. The smallest absolute Gasteiger partial charge is 0.404 e. The van der Waals surface area contributed by atoms with Crippen molar-refractivity contribution in [3.05, 3.63) is 11.6 Å². The minimum Gasteiger partial charge on any atom is -0.404 e. The Morgan fingerprint density at radius 1 is 0.959 bits per heavy atom. The van der Waals surface area contributed by atoms with Crippen LogP contribution in [-0.2, 0) is 28.5 Å². The zero-order chi connectivity index (χ0) is 36.8. The quantitative estimate of drug-likeness (QED) is 0.0671. The van der Waals surface area contributed by atoms with Crippen molar-refractivity contribution in [2.75, 3.05) is 6.54 Å². The molecule has 0 radical (unpaired) electrons. The van der Waals surface area contributed by atoms with Gasteiger partial charge in [0.25, 0.3) is 5.91 Å². The van der Waals surface area contributed by atoms with Gasteiger partial charge in [0.05, 0.1) is 23.8 Å². The minimum absolute atomic E-state index is 0.0444. The molecule has 1 heterocycles. The Hall–Kier alpha value is -2.95. The lowest BCUT2D eigenvalue weighted by molar-refractivity contribution is -0.199. The second-order valence-corrected chi connectivity index (χ2v) is 16.2. The number of aliphatic hydroxyl groups excluding tert-OH is 1. The Morgan fingerprint density at radius 3 is 2.18 bits per heavy atom. The van der Waals surface area contributed by atoms with E-state index in [0.29, 0.717) is 31.1 Å². The van der Waals surface area contributed by atoms with Crippen molar-refractivity contribution in [1.82, 2.24) is 21.3 Å². The van der Waals surface area contributed by atoms with Crippen LogP contribution in [0.3, 0.4) is 0 Å². The summed E-state index contributed by atoms with van der Waals surface area (Å²) in [4.78, 5) is 52.4. The second-order valence-electron chi connectivity index (χ2n) is 16.2. The molecule has 8 atom stereocenters. The topological polar surface area (TPSA) is 179 Å². The van der Waals surface area contributed by atoms with Gasteiger partial charge in [-0.1, -0.05) is 61.5 Å². The van der Waals surface area contributed by atoms with Crippen molar-refractivity contribution >= 4 is 30.7 Å². The molecule has 12 nitrogen and oxygen atoms in total. The lowest BCUT2D eigenvalue weighted by Gasteiger charge is -2.64. The fourth-order valence-corrected chi connectivity index (χ4v) is 7.62. The summed E-state index contributed by atoms with van der Waals surface area (Å²) in [6.07, 6.45) is 4.12. The first-order valence-electron chi connectivity index (χ1n) is 18.1. The summed E-state index contributed by atoms with van der Waals surface area (Å²) in [5, 5.41) is 30.9. The molecule has 274 valence electrons. The van der Waals surface area contributed by atoms with Gasteiger partial charge < -0.3 is 35.7 Å². The van der Waals surface area contributed by atoms with E-state index in [4.69, 9.17) is 9.31 Å². The standard InChI is InChI=1S/C36H60BN5O7/c1-20(2)15-24(19-38)32(45)39-14-12-11-13-26(40-34(47)30(23(7)43)42-31(44)22(5)6)33(46)41-29(16-21(3)4)37-48-28-18-25-17-27(35(25,8)9)36(28,10)49-37/h15,20-23,25-30,43H,11-14,16-18H2,1-10H3,(H,39,45)(H,40,47)(H,41,46)(H,42,44)/t23-,25+,26?,27+,28-,29+,30+,36+/m1/s1. The van der Waals surface area contributed by atoms with E-state index < -0.39 is 66.4 Å². The van der Waals surface area contributed by atoms with Crippen LogP contribution in [0.25, 0.3) is 0 Å². The summed E-state index contributed by atoms with van der Waals surface area (Å²) in [5.41, 5.74) is -0.230. The van der Waals surface area contributed by atoms with Gasteiger partial charge in [-0.15, -0.1) is 0 Å². The molecule has 3 saturated carbocycles. The van der Waals surface area contributed by atoms with Crippen LogP contribution in [0.5, 0.6) is 0 Å². The number of nitriles is 1.